The van der Waals surface area contributed by atoms with E-state index in [1.165, 1.54) is 12.1 Å². The Morgan fingerprint density at radius 3 is 2.52 bits per heavy atom. The van der Waals surface area contributed by atoms with Crippen LogP contribution in [-0.2, 0) is 10.0 Å². The van der Waals surface area contributed by atoms with E-state index in [9.17, 15) is 8.42 Å². The average Bonchev–Trinajstić information content (AvgIpc) is 2.45. The van der Waals surface area contributed by atoms with Crippen molar-refractivity contribution in [2.45, 2.75) is 4.90 Å². The molecule has 0 aromatic heterocycles. The van der Waals surface area contributed by atoms with Gasteiger partial charge in [0.1, 0.15) is 12.4 Å². The Hall–Kier alpha value is -1.08. The number of rotatable bonds is 6. The third-order valence-electron chi connectivity index (χ3n) is 2.58. The minimum absolute atomic E-state index is 0.138. The van der Waals surface area contributed by atoms with Crippen molar-refractivity contribution < 1.29 is 13.2 Å². The summed E-state index contributed by atoms with van der Waals surface area (Å²) in [6, 6.07) is 13.4. The second kappa shape index (κ2) is 7.26. The first kappa shape index (κ1) is 16.3. The van der Waals surface area contributed by atoms with Gasteiger partial charge in [-0.05, 0) is 42.5 Å². The van der Waals surface area contributed by atoms with Crippen LogP contribution in [0.1, 0.15) is 0 Å². The number of nitrogens with one attached hydrogen (secondary N) is 1. The van der Waals surface area contributed by atoms with E-state index in [1.807, 2.05) is 12.1 Å². The zero-order valence-corrected chi connectivity index (χ0v) is 14.1. The van der Waals surface area contributed by atoms with E-state index < -0.39 is 10.0 Å². The average molecular weight is 391 g/mol. The zero-order chi connectivity index (χ0) is 15.3. The maximum atomic E-state index is 12.0. The minimum Gasteiger partial charge on any atom is -0.492 e. The van der Waals surface area contributed by atoms with Gasteiger partial charge in [0.15, 0.2) is 0 Å². The van der Waals surface area contributed by atoms with Crippen molar-refractivity contribution in [2.75, 3.05) is 13.2 Å². The van der Waals surface area contributed by atoms with Crippen LogP contribution in [0.3, 0.4) is 0 Å². The molecule has 0 aliphatic heterocycles. The number of benzene rings is 2. The van der Waals surface area contributed by atoms with E-state index in [-0.39, 0.29) is 18.0 Å². The Labute approximate surface area is 137 Å². The largest absolute Gasteiger partial charge is 0.492 e. The molecule has 0 saturated heterocycles. The van der Waals surface area contributed by atoms with Gasteiger partial charge in [0.05, 0.1) is 4.90 Å². The molecule has 0 atom stereocenters. The molecule has 0 spiro atoms. The van der Waals surface area contributed by atoms with Gasteiger partial charge in [0.25, 0.3) is 0 Å². The first-order valence-electron chi connectivity index (χ1n) is 6.11. The molecule has 21 heavy (non-hydrogen) atoms. The highest BCUT2D eigenvalue weighted by molar-refractivity contribution is 9.10. The second-order valence-electron chi connectivity index (χ2n) is 4.16. The lowest BCUT2D eigenvalue weighted by atomic mass is 10.3. The molecule has 2 aromatic rings. The van der Waals surface area contributed by atoms with Crippen LogP contribution in [-0.4, -0.2) is 21.6 Å². The van der Waals surface area contributed by atoms with Crippen molar-refractivity contribution in [3.63, 3.8) is 0 Å². The molecule has 0 amide bonds. The summed E-state index contributed by atoms with van der Waals surface area (Å²) in [5.74, 6) is 0.681. The quantitative estimate of drug-likeness (QED) is 0.769. The van der Waals surface area contributed by atoms with Gasteiger partial charge in [0, 0.05) is 16.0 Å². The molecule has 0 unspecified atom stereocenters. The van der Waals surface area contributed by atoms with Gasteiger partial charge < -0.3 is 4.74 Å². The van der Waals surface area contributed by atoms with Gasteiger partial charge >= 0.3 is 0 Å². The summed E-state index contributed by atoms with van der Waals surface area (Å²) in [5.41, 5.74) is 0. The fraction of sp³-hybridized carbons (Fsp3) is 0.143. The summed E-state index contributed by atoms with van der Waals surface area (Å²) >= 11 is 9.11. The summed E-state index contributed by atoms with van der Waals surface area (Å²) in [4.78, 5) is 0.138. The van der Waals surface area contributed by atoms with Gasteiger partial charge in [0.2, 0.25) is 10.0 Å². The summed E-state index contributed by atoms with van der Waals surface area (Å²) in [6.45, 7) is 0.409. The second-order valence-corrected chi connectivity index (χ2v) is 7.28. The van der Waals surface area contributed by atoms with E-state index in [0.717, 1.165) is 4.47 Å². The first-order chi connectivity index (χ1) is 9.97. The lowest BCUT2D eigenvalue weighted by Crippen LogP contribution is -2.28. The molecule has 0 aliphatic carbocycles. The topological polar surface area (TPSA) is 55.4 Å². The molecular weight excluding hydrogens is 378 g/mol. The Bertz CT molecular complexity index is 704. The molecular formula is C14H13BrClNO3S. The Balaban J connectivity index is 1.86. The summed E-state index contributed by atoms with van der Waals surface area (Å²) < 4.78 is 32.9. The predicted molar refractivity (Wildman–Crippen MR) is 86.3 cm³/mol. The molecule has 0 radical (unpaired) electrons. The van der Waals surface area contributed by atoms with Crippen LogP contribution < -0.4 is 9.46 Å². The van der Waals surface area contributed by atoms with Gasteiger partial charge in [-0.3, -0.25) is 0 Å². The van der Waals surface area contributed by atoms with Gasteiger partial charge in [-0.15, -0.1) is 0 Å². The first-order valence-corrected chi connectivity index (χ1v) is 8.76. The molecule has 0 bridgehead atoms. The molecule has 0 saturated carbocycles. The molecule has 4 nitrogen and oxygen atoms in total. The molecule has 0 fully saturated rings. The van der Waals surface area contributed by atoms with Crippen molar-refractivity contribution >= 4 is 37.6 Å². The number of hydrogen-bond donors (Lipinski definition) is 1. The fourth-order valence-electron chi connectivity index (χ4n) is 1.59. The van der Waals surface area contributed by atoms with Gasteiger partial charge in [-0.25, -0.2) is 13.1 Å². The lowest BCUT2D eigenvalue weighted by Gasteiger charge is -2.09. The third kappa shape index (κ3) is 5.00. The SMILES string of the molecule is O=S(=O)(NCCOc1ccc(Br)cc1)c1cccc(Cl)c1. The minimum atomic E-state index is -3.57. The Kier molecular flexibility index (Phi) is 5.64. The van der Waals surface area contributed by atoms with E-state index in [0.29, 0.717) is 10.8 Å². The maximum absolute atomic E-state index is 12.0. The smallest absolute Gasteiger partial charge is 0.240 e. The number of ether oxygens (including phenoxy) is 1. The fourth-order valence-corrected chi connectivity index (χ4v) is 3.17. The summed E-state index contributed by atoms with van der Waals surface area (Å²) in [7, 11) is -3.57. The Morgan fingerprint density at radius 1 is 1.14 bits per heavy atom. The van der Waals surface area contributed by atoms with Crippen LogP contribution in [0.15, 0.2) is 57.9 Å². The highest BCUT2D eigenvalue weighted by Gasteiger charge is 2.13. The number of halogens is 2. The Morgan fingerprint density at radius 2 is 1.86 bits per heavy atom. The van der Waals surface area contributed by atoms with Crippen LogP contribution in [0.2, 0.25) is 5.02 Å². The van der Waals surface area contributed by atoms with Crippen molar-refractivity contribution in [1.82, 2.24) is 4.72 Å². The van der Waals surface area contributed by atoms with E-state index in [4.69, 9.17) is 16.3 Å². The monoisotopic (exact) mass is 389 g/mol. The molecule has 0 heterocycles. The normalized spacial score (nSPS) is 11.3. The van der Waals surface area contributed by atoms with E-state index in [1.54, 1.807) is 24.3 Å². The van der Waals surface area contributed by atoms with Crippen LogP contribution in [0.5, 0.6) is 5.75 Å². The molecule has 2 rings (SSSR count). The van der Waals surface area contributed by atoms with Crippen LogP contribution in [0.4, 0.5) is 0 Å². The lowest BCUT2D eigenvalue weighted by molar-refractivity contribution is 0.323. The van der Waals surface area contributed by atoms with Crippen LogP contribution in [0, 0.1) is 0 Å². The zero-order valence-electron chi connectivity index (χ0n) is 10.9. The standard InChI is InChI=1S/C14H13BrClNO3S/c15-11-4-6-13(7-5-11)20-9-8-17-21(18,19)14-3-1-2-12(16)10-14/h1-7,10,17H,8-9H2. The van der Waals surface area contributed by atoms with Crippen molar-refractivity contribution in [1.29, 1.82) is 0 Å². The highest BCUT2D eigenvalue weighted by Crippen LogP contribution is 2.16. The molecule has 112 valence electrons. The summed E-state index contributed by atoms with van der Waals surface area (Å²) in [5, 5.41) is 0.379. The highest BCUT2D eigenvalue weighted by atomic mass is 79.9. The molecule has 1 N–H and O–H groups in total. The van der Waals surface area contributed by atoms with Crippen molar-refractivity contribution in [2.24, 2.45) is 0 Å². The molecule has 2 aromatic carbocycles. The van der Waals surface area contributed by atoms with E-state index >= 15 is 0 Å². The molecule has 0 aliphatic rings. The maximum Gasteiger partial charge on any atom is 0.240 e. The molecule has 7 heteroatoms. The number of sulfonamides is 1. The predicted octanol–water partition coefficient (Wildman–Crippen LogP) is 3.46. The number of hydrogen-bond acceptors (Lipinski definition) is 3. The summed E-state index contributed by atoms with van der Waals surface area (Å²) in [6.07, 6.45) is 0. The van der Waals surface area contributed by atoms with Crippen LogP contribution in [0.25, 0.3) is 0 Å². The van der Waals surface area contributed by atoms with Gasteiger partial charge in [-0.1, -0.05) is 33.6 Å². The van der Waals surface area contributed by atoms with Crippen molar-refractivity contribution in [3.8, 4) is 5.75 Å². The van der Waals surface area contributed by atoms with Crippen molar-refractivity contribution in [3.05, 3.63) is 58.0 Å². The third-order valence-corrected chi connectivity index (χ3v) is 4.81. The van der Waals surface area contributed by atoms with Crippen LogP contribution >= 0.6 is 27.5 Å². The van der Waals surface area contributed by atoms with Gasteiger partial charge in [-0.2, -0.15) is 0 Å². The van der Waals surface area contributed by atoms with E-state index in [2.05, 4.69) is 20.7 Å².